The molecule has 0 saturated heterocycles. The zero-order chi connectivity index (χ0) is 16.1. The predicted octanol–water partition coefficient (Wildman–Crippen LogP) is 4.08. The highest BCUT2D eigenvalue weighted by molar-refractivity contribution is 7.14. The van der Waals surface area contributed by atoms with Crippen LogP contribution >= 0.6 is 11.3 Å². The van der Waals surface area contributed by atoms with E-state index in [1.54, 1.807) is 16.2 Å². The molecule has 0 bridgehead atoms. The molecule has 0 spiro atoms. The molecule has 0 unspecified atom stereocenters. The van der Waals surface area contributed by atoms with Gasteiger partial charge in [-0.3, -0.25) is 4.79 Å². The van der Waals surface area contributed by atoms with Crippen LogP contribution in [0.15, 0.2) is 30.3 Å². The lowest BCUT2D eigenvalue weighted by Gasteiger charge is -2.17. The number of benzene rings is 1. The number of carbonyl (C=O) groups excluding carboxylic acids is 1. The molecule has 0 saturated carbocycles. The molecule has 2 aromatic rings. The average Bonchev–Trinajstić information content (AvgIpc) is 2.89. The first kappa shape index (κ1) is 16.6. The van der Waals surface area contributed by atoms with Gasteiger partial charge < -0.3 is 9.64 Å². The van der Waals surface area contributed by atoms with Crippen LogP contribution in [0.2, 0.25) is 0 Å². The maximum atomic E-state index is 12.4. The fraction of sp³-hybridized carbons (Fsp3) is 0.389. The maximum absolute atomic E-state index is 12.4. The topological polar surface area (TPSA) is 29.5 Å². The number of rotatable bonds is 6. The number of para-hydroxylation sites is 1. The average molecular weight is 317 g/mol. The zero-order valence-corrected chi connectivity index (χ0v) is 14.5. The van der Waals surface area contributed by atoms with E-state index in [0.29, 0.717) is 13.2 Å². The maximum Gasteiger partial charge on any atom is 0.263 e. The summed E-state index contributed by atoms with van der Waals surface area (Å²) in [4.78, 5) is 16.2. The van der Waals surface area contributed by atoms with E-state index in [-0.39, 0.29) is 5.91 Å². The molecule has 118 valence electrons. The lowest BCUT2D eigenvalue weighted by atomic mass is 10.2. The van der Waals surface area contributed by atoms with Crippen LogP contribution in [0.25, 0.3) is 0 Å². The smallest absolute Gasteiger partial charge is 0.263 e. The van der Waals surface area contributed by atoms with Crippen molar-refractivity contribution in [3.05, 3.63) is 51.2 Å². The number of ether oxygens (including phenoxy) is 1. The summed E-state index contributed by atoms with van der Waals surface area (Å²) >= 11 is 1.58. The first-order valence-corrected chi connectivity index (χ1v) is 8.37. The third kappa shape index (κ3) is 3.89. The van der Waals surface area contributed by atoms with Crippen molar-refractivity contribution in [2.75, 3.05) is 20.2 Å². The van der Waals surface area contributed by atoms with Crippen molar-refractivity contribution in [2.45, 2.75) is 27.2 Å². The Morgan fingerprint density at radius 3 is 2.64 bits per heavy atom. The first-order chi connectivity index (χ1) is 10.5. The highest BCUT2D eigenvalue weighted by Gasteiger charge is 2.15. The van der Waals surface area contributed by atoms with Gasteiger partial charge in [0.15, 0.2) is 0 Å². The summed E-state index contributed by atoms with van der Waals surface area (Å²) < 4.78 is 5.75. The Labute approximate surface area is 136 Å². The van der Waals surface area contributed by atoms with Gasteiger partial charge in [-0.05, 0) is 43.5 Å². The normalized spacial score (nSPS) is 10.5. The summed E-state index contributed by atoms with van der Waals surface area (Å²) in [5.74, 6) is 0.949. The van der Waals surface area contributed by atoms with Crippen molar-refractivity contribution in [3.63, 3.8) is 0 Å². The van der Waals surface area contributed by atoms with E-state index in [9.17, 15) is 4.79 Å². The van der Waals surface area contributed by atoms with Gasteiger partial charge in [0.05, 0.1) is 11.4 Å². The van der Waals surface area contributed by atoms with Gasteiger partial charge in [-0.2, -0.15) is 0 Å². The summed E-state index contributed by atoms with van der Waals surface area (Å²) in [6, 6.07) is 9.93. The second-order valence-electron chi connectivity index (χ2n) is 5.39. The van der Waals surface area contributed by atoms with Crippen LogP contribution in [-0.2, 0) is 6.42 Å². The molecule has 0 N–H and O–H groups in total. The number of hydrogen-bond donors (Lipinski definition) is 0. The van der Waals surface area contributed by atoms with Gasteiger partial charge in [0.2, 0.25) is 0 Å². The van der Waals surface area contributed by atoms with Gasteiger partial charge in [0.25, 0.3) is 5.91 Å². The molecule has 22 heavy (non-hydrogen) atoms. The van der Waals surface area contributed by atoms with E-state index in [4.69, 9.17) is 4.74 Å². The highest BCUT2D eigenvalue weighted by Crippen LogP contribution is 2.23. The van der Waals surface area contributed by atoms with E-state index in [2.05, 4.69) is 13.8 Å². The fourth-order valence-electron chi connectivity index (χ4n) is 2.28. The Bertz CT molecular complexity index is 648. The number of aryl methyl sites for hydroxylation is 3. The number of amides is 1. The summed E-state index contributed by atoms with van der Waals surface area (Å²) in [5.41, 5.74) is 2.37. The van der Waals surface area contributed by atoms with Crippen molar-refractivity contribution in [1.29, 1.82) is 0 Å². The molecule has 0 aliphatic carbocycles. The molecule has 0 aliphatic heterocycles. The number of hydrogen-bond acceptors (Lipinski definition) is 3. The van der Waals surface area contributed by atoms with E-state index < -0.39 is 0 Å². The molecule has 1 aromatic heterocycles. The number of nitrogens with zero attached hydrogens (tertiary/aromatic N) is 1. The van der Waals surface area contributed by atoms with Crippen molar-refractivity contribution in [3.8, 4) is 5.75 Å². The van der Waals surface area contributed by atoms with E-state index in [0.717, 1.165) is 22.6 Å². The number of thiophene rings is 1. The van der Waals surface area contributed by atoms with Crippen LogP contribution in [-0.4, -0.2) is 31.0 Å². The molecule has 0 atom stereocenters. The number of carbonyl (C=O) groups is 1. The summed E-state index contributed by atoms with van der Waals surface area (Å²) in [6.07, 6.45) is 0.968. The lowest BCUT2D eigenvalue weighted by Crippen LogP contribution is -2.30. The molecule has 0 radical (unpaired) electrons. The molecule has 1 aromatic carbocycles. The van der Waals surface area contributed by atoms with Gasteiger partial charge in [0, 0.05) is 11.9 Å². The molecule has 3 nitrogen and oxygen atoms in total. The second kappa shape index (κ2) is 7.45. The van der Waals surface area contributed by atoms with Crippen LogP contribution in [0.4, 0.5) is 0 Å². The summed E-state index contributed by atoms with van der Waals surface area (Å²) in [6.45, 7) is 7.28. The second-order valence-corrected chi connectivity index (χ2v) is 6.64. The van der Waals surface area contributed by atoms with E-state index in [1.165, 1.54) is 10.4 Å². The molecular weight excluding hydrogens is 294 g/mol. The summed E-state index contributed by atoms with van der Waals surface area (Å²) in [5, 5.41) is 0. The predicted molar refractivity (Wildman–Crippen MR) is 92.1 cm³/mol. The Morgan fingerprint density at radius 1 is 1.27 bits per heavy atom. The SMILES string of the molecule is CCc1cc(C(=O)N(C)CCOc2ccccc2C)sc1C. The fourth-order valence-corrected chi connectivity index (χ4v) is 3.39. The Morgan fingerprint density at radius 2 is 2.00 bits per heavy atom. The van der Waals surface area contributed by atoms with Crippen LogP contribution in [0, 0.1) is 13.8 Å². The lowest BCUT2D eigenvalue weighted by molar-refractivity contribution is 0.0778. The molecular formula is C18H23NO2S. The molecule has 2 rings (SSSR count). The van der Waals surface area contributed by atoms with E-state index in [1.807, 2.05) is 44.3 Å². The van der Waals surface area contributed by atoms with E-state index >= 15 is 0 Å². The van der Waals surface area contributed by atoms with Crippen LogP contribution in [0.1, 0.15) is 32.6 Å². The van der Waals surface area contributed by atoms with Crippen LogP contribution in [0.5, 0.6) is 5.75 Å². The van der Waals surface area contributed by atoms with Crippen molar-refractivity contribution in [1.82, 2.24) is 4.90 Å². The molecule has 4 heteroatoms. The van der Waals surface area contributed by atoms with Crippen molar-refractivity contribution in [2.24, 2.45) is 0 Å². The third-order valence-electron chi connectivity index (χ3n) is 3.74. The Balaban J connectivity index is 1.90. The van der Waals surface area contributed by atoms with Gasteiger partial charge in [-0.25, -0.2) is 0 Å². The van der Waals surface area contributed by atoms with Crippen molar-refractivity contribution >= 4 is 17.2 Å². The first-order valence-electron chi connectivity index (χ1n) is 7.56. The monoisotopic (exact) mass is 317 g/mol. The Hall–Kier alpha value is -1.81. The van der Waals surface area contributed by atoms with Crippen molar-refractivity contribution < 1.29 is 9.53 Å². The molecule has 0 fully saturated rings. The standard InChI is InChI=1S/C18H23NO2S/c1-5-15-12-17(22-14(15)3)18(20)19(4)10-11-21-16-9-7-6-8-13(16)2/h6-9,12H,5,10-11H2,1-4H3. The number of likely N-dealkylation sites (N-methyl/N-ethyl adjacent to an activating group) is 1. The minimum atomic E-state index is 0.0705. The molecule has 0 aliphatic rings. The highest BCUT2D eigenvalue weighted by atomic mass is 32.1. The van der Waals surface area contributed by atoms with Crippen LogP contribution in [0.3, 0.4) is 0 Å². The van der Waals surface area contributed by atoms with Gasteiger partial charge in [-0.15, -0.1) is 11.3 Å². The molecule has 1 heterocycles. The zero-order valence-electron chi connectivity index (χ0n) is 13.7. The summed E-state index contributed by atoms with van der Waals surface area (Å²) in [7, 11) is 1.82. The Kier molecular flexibility index (Phi) is 5.61. The minimum absolute atomic E-state index is 0.0705. The third-order valence-corrected chi connectivity index (χ3v) is 4.82. The van der Waals surface area contributed by atoms with Crippen LogP contribution < -0.4 is 4.74 Å². The quantitative estimate of drug-likeness (QED) is 0.803. The largest absolute Gasteiger partial charge is 0.491 e. The van der Waals surface area contributed by atoms with Gasteiger partial charge >= 0.3 is 0 Å². The van der Waals surface area contributed by atoms with Gasteiger partial charge in [0.1, 0.15) is 12.4 Å². The van der Waals surface area contributed by atoms with Gasteiger partial charge in [-0.1, -0.05) is 25.1 Å². The minimum Gasteiger partial charge on any atom is -0.491 e. The molecule has 1 amide bonds.